The quantitative estimate of drug-likeness (QED) is 0.744. The van der Waals surface area contributed by atoms with Gasteiger partial charge in [0.15, 0.2) is 5.13 Å². The van der Waals surface area contributed by atoms with E-state index in [-0.39, 0.29) is 24.8 Å². The lowest BCUT2D eigenvalue weighted by Crippen LogP contribution is -2.53. The van der Waals surface area contributed by atoms with Gasteiger partial charge in [0.1, 0.15) is 11.9 Å². The predicted octanol–water partition coefficient (Wildman–Crippen LogP) is 2.51. The van der Waals surface area contributed by atoms with E-state index < -0.39 is 11.9 Å². The molecule has 3 rings (SSSR count). The van der Waals surface area contributed by atoms with Crippen molar-refractivity contribution < 1.29 is 23.5 Å². The zero-order valence-electron chi connectivity index (χ0n) is 13.2. The van der Waals surface area contributed by atoms with E-state index in [1.165, 1.54) is 23.5 Å². The number of carbonyl (C=O) groups excluding carboxylic acids is 2. The van der Waals surface area contributed by atoms with E-state index in [0.717, 1.165) is 15.3 Å². The van der Waals surface area contributed by atoms with Gasteiger partial charge >= 0.3 is 11.9 Å². The molecule has 1 aliphatic heterocycles. The molecule has 6 nitrogen and oxygen atoms in total. The summed E-state index contributed by atoms with van der Waals surface area (Å²) in [6, 6.07) is 4.50. The summed E-state index contributed by atoms with van der Waals surface area (Å²) in [6.07, 6.45) is -0.147. The van der Waals surface area contributed by atoms with Crippen molar-refractivity contribution in [3.8, 4) is 0 Å². The third-order valence-electron chi connectivity index (χ3n) is 3.59. The molecular formula is C16H17FN2O4S. The highest BCUT2D eigenvalue weighted by Gasteiger charge is 2.32. The number of hydrogen-bond acceptors (Lipinski definition) is 7. The van der Waals surface area contributed by atoms with E-state index in [1.54, 1.807) is 13.0 Å². The number of ether oxygens (including phenoxy) is 2. The van der Waals surface area contributed by atoms with E-state index >= 15 is 0 Å². The van der Waals surface area contributed by atoms with Crippen molar-refractivity contribution in [2.24, 2.45) is 0 Å². The van der Waals surface area contributed by atoms with Gasteiger partial charge in [-0.1, -0.05) is 11.3 Å². The highest BCUT2D eigenvalue weighted by atomic mass is 32.1. The zero-order valence-corrected chi connectivity index (χ0v) is 14.0. The summed E-state index contributed by atoms with van der Waals surface area (Å²) < 4.78 is 24.0. The molecule has 2 aromatic rings. The third-order valence-corrected chi connectivity index (χ3v) is 4.67. The highest BCUT2D eigenvalue weighted by molar-refractivity contribution is 7.22. The smallest absolute Gasteiger partial charge is 0.306 e. The van der Waals surface area contributed by atoms with Crippen molar-refractivity contribution in [3.63, 3.8) is 0 Å². The van der Waals surface area contributed by atoms with Crippen LogP contribution >= 0.6 is 11.3 Å². The largest absolute Gasteiger partial charge is 0.466 e. The van der Waals surface area contributed by atoms with Crippen LogP contribution in [-0.2, 0) is 19.1 Å². The van der Waals surface area contributed by atoms with E-state index in [9.17, 15) is 14.0 Å². The molecule has 0 spiro atoms. The van der Waals surface area contributed by atoms with E-state index in [0.29, 0.717) is 19.7 Å². The Hall–Kier alpha value is -2.22. The first kappa shape index (κ1) is 16.6. The van der Waals surface area contributed by atoms with Crippen molar-refractivity contribution in [1.29, 1.82) is 0 Å². The second kappa shape index (κ2) is 7.12. The van der Waals surface area contributed by atoms with Gasteiger partial charge in [0, 0.05) is 0 Å². The fraction of sp³-hybridized carbons (Fsp3) is 0.438. The number of aromatic nitrogens is 1. The molecule has 0 saturated carbocycles. The summed E-state index contributed by atoms with van der Waals surface area (Å²) in [5.74, 6) is -1.08. The normalized spacial score (nSPS) is 14.5. The van der Waals surface area contributed by atoms with Gasteiger partial charge in [0.2, 0.25) is 0 Å². The first-order chi connectivity index (χ1) is 11.5. The number of hydrogen-bond donors (Lipinski definition) is 0. The van der Waals surface area contributed by atoms with Gasteiger partial charge in [-0.25, -0.2) is 9.37 Å². The summed E-state index contributed by atoms with van der Waals surface area (Å²) in [4.78, 5) is 29.3. The number of anilines is 1. The molecule has 1 aliphatic rings. The number of fused-ring (bicyclic) bond motifs is 1. The molecule has 1 aromatic heterocycles. The summed E-state index contributed by atoms with van der Waals surface area (Å²) in [7, 11) is 0. The maximum absolute atomic E-state index is 13.2. The minimum atomic E-state index is -0.404. The van der Waals surface area contributed by atoms with Crippen molar-refractivity contribution in [2.75, 3.05) is 24.6 Å². The number of rotatable bonds is 6. The summed E-state index contributed by atoms with van der Waals surface area (Å²) in [5, 5.41) is 0.787. The standard InChI is InChI=1S/C16H17FN2O4S/c1-2-22-14(20)5-6-15(21)23-11-8-19(9-11)16-18-12-4-3-10(17)7-13(12)24-16/h3-4,7,11H,2,5-6,8-9H2,1H3. The molecule has 0 bridgehead atoms. The Morgan fingerprint density at radius 3 is 2.83 bits per heavy atom. The van der Waals surface area contributed by atoms with Crippen molar-refractivity contribution in [3.05, 3.63) is 24.0 Å². The van der Waals surface area contributed by atoms with Crippen LogP contribution < -0.4 is 4.90 Å². The van der Waals surface area contributed by atoms with Gasteiger partial charge in [-0.15, -0.1) is 0 Å². The molecular weight excluding hydrogens is 335 g/mol. The van der Waals surface area contributed by atoms with Crippen LogP contribution in [0.3, 0.4) is 0 Å². The maximum Gasteiger partial charge on any atom is 0.306 e. The van der Waals surface area contributed by atoms with Crippen LogP contribution in [0.25, 0.3) is 10.2 Å². The van der Waals surface area contributed by atoms with Crippen molar-refractivity contribution >= 4 is 38.6 Å². The fourth-order valence-electron chi connectivity index (χ4n) is 2.37. The van der Waals surface area contributed by atoms with Crippen LogP contribution in [0.15, 0.2) is 18.2 Å². The lowest BCUT2D eigenvalue weighted by atomic mass is 10.2. The maximum atomic E-state index is 13.2. The Balaban J connectivity index is 1.46. The molecule has 1 fully saturated rings. The Labute approximate surface area is 142 Å². The topological polar surface area (TPSA) is 68.7 Å². The average Bonchev–Trinajstić information content (AvgIpc) is 2.91. The lowest BCUT2D eigenvalue weighted by Gasteiger charge is -2.38. The van der Waals surface area contributed by atoms with Gasteiger partial charge in [-0.05, 0) is 25.1 Å². The molecule has 128 valence electrons. The molecule has 2 heterocycles. The molecule has 0 N–H and O–H groups in total. The SMILES string of the molecule is CCOC(=O)CCC(=O)OC1CN(c2nc3ccc(F)cc3s2)C1. The molecule has 24 heavy (non-hydrogen) atoms. The molecule has 0 aliphatic carbocycles. The summed E-state index contributed by atoms with van der Waals surface area (Å²) in [6.45, 7) is 3.12. The van der Waals surface area contributed by atoms with Gasteiger partial charge in [-0.3, -0.25) is 9.59 Å². The number of benzene rings is 1. The number of nitrogens with zero attached hydrogens (tertiary/aromatic N) is 2. The molecule has 8 heteroatoms. The van der Waals surface area contributed by atoms with Crippen LogP contribution in [0.4, 0.5) is 9.52 Å². The first-order valence-electron chi connectivity index (χ1n) is 7.71. The molecule has 0 atom stereocenters. The van der Waals surface area contributed by atoms with Crippen LogP contribution in [0.5, 0.6) is 0 Å². The monoisotopic (exact) mass is 352 g/mol. The Bertz CT molecular complexity index is 758. The Morgan fingerprint density at radius 2 is 2.08 bits per heavy atom. The van der Waals surface area contributed by atoms with Gasteiger partial charge in [-0.2, -0.15) is 0 Å². The molecule has 1 aromatic carbocycles. The highest BCUT2D eigenvalue weighted by Crippen LogP contribution is 2.32. The van der Waals surface area contributed by atoms with E-state index in [1.807, 2.05) is 4.90 Å². The van der Waals surface area contributed by atoms with Crippen LogP contribution in [0.2, 0.25) is 0 Å². The Morgan fingerprint density at radius 1 is 1.33 bits per heavy atom. The van der Waals surface area contributed by atoms with E-state index in [4.69, 9.17) is 9.47 Å². The average molecular weight is 352 g/mol. The summed E-state index contributed by atoms with van der Waals surface area (Å²) >= 11 is 1.41. The van der Waals surface area contributed by atoms with E-state index in [2.05, 4.69) is 4.98 Å². The number of thiazole rings is 1. The zero-order chi connectivity index (χ0) is 17.1. The van der Waals surface area contributed by atoms with Gasteiger partial charge in [0.05, 0.1) is 42.8 Å². The molecule has 0 amide bonds. The molecule has 0 unspecified atom stereocenters. The van der Waals surface area contributed by atoms with Gasteiger partial charge in [0.25, 0.3) is 0 Å². The van der Waals surface area contributed by atoms with Gasteiger partial charge < -0.3 is 14.4 Å². The number of halogens is 1. The fourth-order valence-corrected chi connectivity index (χ4v) is 3.38. The third kappa shape index (κ3) is 3.81. The second-order valence-corrected chi connectivity index (χ2v) is 6.44. The number of esters is 2. The molecule has 1 saturated heterocycles. The Kier molecular flexibility index (Phi) is 4.94. The number of carbonyl (C=O) groups is 2. The second-order valence-electron chi connectivity index (χ2n) is 5.43. The van der Waals surface area contributed by atoms with Crippen LogP contribution in [0.1, 0.15) is 19.8 Å². The molecule has 0 radical (unpaired) electrons. The van der Waals surface area contributed by atoms with Crippen LogP contribution in [-0.4, -0.2) is 42.7 Å². The van der Waals surface area contributed by atoms with Crippen molar-refractivity contribution in [2.45, 2.75) is 25.9 Å². The minimum Gasteiger partial charge on any atom is -0.466 e. The predicted molar refractivity (Wildman–Crippen MR) is 87.5 cm³/mol. The lowest BCUT2D eigenvalue weighted by molar-refractivity contribution is -0.154. The first-order valence-corrected chi connectivity index (χ1v) is 8.53. The summed E-state index contributed by atoms with van der Waals surface area (Å²) in [5.41, 5.74) is 0.756. The van der Waals surface area contributed by atoms with Crippen LogP contribution in [0, 0.1) is 5.82 Å². The minimum absolute atomic E-state index is 0.0236. The van der Waals surface area contributed by atoms with Crippen molar-refractivity contribution in [1.82, 2.24) is 4.98 Å².